The van der Waals surface area contributed by atoms with E-state index < -0.39 is 5.82 Å². The van der Waals surface area contributed by atoms with Gasteiger partial charge in [0.2, 0.25) is 0 Å². The zero-order valence-electron chi connectivity index (χ0n) is 12.3. The summed E-state index contributed by atoms with van der Waals surface area (Å²) in [4.78, 5) is 0. The number of halogens is 1. The summed E-state index contributed by atoms with van der Waals surface area (Å²) in [5, 5.41) is 12.4. The van der Waals surface area contributed by atoms with Gasteiger partial charge in [0, 0.05) is 18.2 Å². The van der Waals surface area contributed by atoms with Gasteiger partial charge in [0.15, 0.2) is 11.6 Å². The SMILES string of the molecule is CC(C)NCc1cccc(F)c1Oc1cccc(CO)c1. The average molecular weight is 289 g/mol. The Hall–Kier alpha value is -1.91. The summed E-state index contributed by atoms with van der Waals surface area (Å²) < 4.78 is 19.7. The van der Waals surface area contributed by atoms with E-state index in [0.717, 1.165) is 11.1 Å². The van der Waals surface area contributed by atoms with Crippen LogP contribution >= 0.6 is 0 Å². The largest absolute Gasteiger partial charge is 0.454 e. The van der Waals surface area contributed by atoms with E-state index >= 15 is 0 Å². The highest BCUT2D eigenvalue weighted by atomic mass is 19.1. The summed E-state index contributed by atoms with van der Waals surface area (Å²) in [6, 6.07) is 12.2. The van der Waals surface area contributed by atoms with E-state index in [9.17, 15) is 4.39 Å². The minimum atomic E-state index is -0.396. The molecule has 0 aliphatic rings. The van der Waals surface area contributed by atoms with Gasteiger partial charge in [0.25, 0.3) is 0 Å². The van der Waals surface area contributed by atoms with Crippen LogP contribution in [0.5, 0.6) is 11.5 Å². The minimum Gasteiger partial charge on any atom is -0.454 e. The predicted molar refractivity (Wildman–Crippen MR) is 80.8 cm³/mol. The van der Waals surface area contributed by atoms with Crippen LogP contribution in [0.2, 0.25) is 0 Å². The molecule has 0 atom stereocenters. The van der Waals surface area contributed by atoms with Gasteiger partial charge in [0.1, 0.15) is 5.75 Å². The maximum Gasteiger partial charge on any atom is 0.167 e. The Morgan fingerprint density at radius 3 is 2.67 bits per heavy atom. The Morgan fingerprint density at radius 2 is 1.95 bits per heavy atom. The molecule has 4 heteroatoms. The van der Waals surface area contributed by atoms with Gasteiger partial charge >= 0.3 is 0 Å². The summed E-state index contributed by atoms with van der Waals surface area (Å²) >= 11 is 0. The Labute approximate surface area is 124 Å². The van der Waals surface area contributed by atoms with E-state index in [1.165, 1.54) is 6.07 Å². The quantitative estimate of drug-likeness (QED) is 0.853. The zero-order chi connectivity index (χ0) is 15.2. The third kappa shape index (κ3) is 4.28. The van der Waals surface area contributed by atoms with E-state index in [4.69, 9.17) is 9.84 Å². The first-order valence-electron chi connectivity index (χ1n) is 6.98. The van der Waals surface area contributed by atoms with Gasteiger partial charge in [-0.2, -0.15) is 0 Å². The lowest BCUT2D eigenvalue weighted by Gasteiger charge is -2.14. The smallest absolute Gasteiger partial charge is 0.167 e. The lowest BCUT2D eigenvalue weighted by Crippen LogP contribution is -2.22. The molecule has 2 rings (SSSR count). The second kappa shape index (κ2) is 7.20. The van der Waals surface area contributed by atoms with Crippen LogP contribution in [0, 0.1) is 5.82 Å². The molecule has 0 radical (unpaired) electrons. The van der Waals surface area contributed by atoms with E-state index in [-0.39, 0.29) is 12.4 Å². The molecule has 2 aromatic rings. The molecule has 0 heterocycles. The number of nitrogens with one attached hydrogen (secondary N) is 1. The molecule has 0 aliphatic carbocycles. The Bertz CT molecular complexity index is 599. The first kappa shape index (κ1) is 15.5. The lowest BCUT2D eigenvalue weighted by atomic mass is 10.1. The second-order valence-corrected chi connectivity index (χ2v) is 5.17. The molecule has 21 heavy (non-hydrogen) atoms. The number of hydrogen-bond donors (Lipinski definition) is 2. The fourth-order valence-corrected chi connectivity index (χ4v) is 1.95. The highest BCUT2D eigenvalue weighted by Gasteiger charge is 2.11. The number of aliphatic hydroxyl groups is 1. The monoisotopic (exact) mass is 289 g/mol. The topological polar surface area (TPSA) is 41.5 Å². The van der Waals surface area contributed by atoms with E-state index in [1.807, 2.05) is 19.9 Å². The van der Waals surface area contributed by atoms with E-state index in [0.29, 0.717) is 18.3 Å². The molecule has 0 amide bonds. The second-order valence-electron chi connectivity index (χ2n) is 5.17. The summed E-state index contributed by atoms with van der Waals surface area (Å²) in [5.41, 5.74) is 1.49. The van der Waals surface area contributed by atoms with E-state index in [1.54, 1.807) is 30.3 Å². The van der Waals surface area contributed by atoms with Crippen molar-refractivity contribution in [1.29, 1.82) is 0 Å². The summed E-state index contributed by atoms with van der Waals surface area (Å²) in [7, 11) is 0. The van der Waals surface area contributed by atoms with Crippen molar-refractivity contribution < 1.29 is 14.2 Å². The third-order valence-corrected chi connectivity index (χ3v) is 3.05. The average Bonchev–Trinajstić information content (AvgIpc) is 2.48. The van der Waals surface area contributed by atoms with Gasteiger partial charge in [-0.15, -0.1) is 0 Å². The summed E-state index contributed by atoms with van der Waals surface area (Å²) in [6.45, 7) is 4.52. The van der Waals surface area contributed by atoms with Crippen LogP contribution in [-0.4, -0.2) is 11.1 Å². The van der Waals surface area contributed by atoms with Gasteiger partial charge in [-0.25, -0.2) is 4.39 Å². The molecule has 2 aromatic carbocycles. The van der Waals surface area contributed by atoms with Gasteiger partial charge in [-0.1, -0.05) is 38.1 Å². The Kier molecular flexibility index (Phi) is 5.31. The van der Waals surface area contributed by atoms with Crippen molar-refractivity contribution in [2.75, 3.05) is 0 Å². The highest BCUT2D eigenvalue weighted by Crippen LogP contribution is 2.29. The molecular formula is C17H20FNO2. The van der Waals surface area contributed by atoms with Crippen molar-refractivity contribution in [3.05, 3.63) is 59.4 Å². The molecule has 0 spiro atoms. The minimum absolute atomic E-state index is 0.0732. The van der Waals surface area contributed by atoms with Gasteiger partial charge in [0.05, 0.1) is 6.61 Å². The first-order chi connectivity index (χ1) is 10.1. The number of hydrogen-bond acceptors (Lipinski definition) is 3. The van der Waals surface area contributed by atoms with Crippen molar-refractivity contribution in [2.24, 2.45) is 0 Å². The number of ether oxygens (including phenoxy) is 1. The van der Waals surface area contributed by atoms with Crippen LogP contribution < -0.4 is 10.1 Å². The van der Waals surface area contributed by atoms with Crippen LogP contribution in [0.15, 0.2) is 42.5 Å². The van der Waals surface area contributed by atoms with Gasteiger partial charge in [-0.3, -0.25) is 0 Å². The maximum atomic E-state index is 14.0. The van der Waals surface area contributed by atoms with Crippen LogP contribution in [0.25, 0.3) is 0 Å². The first-order valence-corrected chi connectivity index (χ1v) is 6.98. The Morgan fingerprint density at radius 1 is 1.19 bits per heavy atom. The highest BCUT2D eigenvalue weighted by molar-refractivity contribution is 5.40. The third-order valence-electron chi connectivity index (χ3n) is 3.05. The molecule has 0 saturated carbocycles. The Balaban J connectivity index is 2.25. The fraction of sp³-hybridized carbons (Fsp3) is 0.294. The van der Waals surface area contributed by atoms with Crippen LogP contribution in [0.4, 0.5) is 4.39 Å². The van der Waals surface area contributed by atoms with Gasteiger partial charge in [-0.05, 0) is 23.8 Å². The number of rotatable bonds is 6. The van der Waals surface area contributed by atoms with Crippen LogP contribution in [0.3, 0.4) is 0 Å². The zero-order valence-corrected chi connectivity index (χ0v) is 12.3. The summed E-state index contributed by atoms with van der Waals surface area (Å²) in [6.07, 6.45) is 0. The van der Waals surface area contributed by atoms with Gasteiger partial charge < -0.3 is 15.2 Å². The standard InChI is InChI=1S/C17H20FNO2/c1-12(2)19-10-14-6-4-8-16(18)17(14)21-15-7-3-5-13(9-15)11-20/h3-9,12,19-20H,10-11H2,1-2H3. The maximum absolute atomic E-state index is 14.0. The normalized spacial score (nSPS) is 10.9. The van der Waals surface area contributed by atoms with Crippen molar-refractivity contribution in [1.82, 2.24) is 5.32 Å². The predicted octanol–water partition coefficient (Wildman–Crippen LogP) is 3.61. The fourth-order valence-electron chi connectivity index (χ4n) is 1.95. The molecular weight excluding hydrogens is 269 g/mol. The van der Waals surface area contributed by atoms with Crippen molar-refractivity contribution in [2.45, 2.75) is 33.0 Å². The molecule has 3 nitrogen and oxygen atoms in total. The summed E-state index contributed by atoms with van der Waals surface area (Å²) in [5.74, 6) is 0.339. The number of aliphatic hydroxyl groups excluding tert-OH is 1. The molecule has 0 fully saturated rings. The van der Waals surface area contributed by atoms with Crippen LogP contribution in [-0.2, 0) is 13.2 Å². The molecule has 0 bridgehead atoms. The van der Waals surface area contributed by atoms with Crippen molar-refractivity contribution in [3.8, 4) is 11.5 Å². The number of benzene rings is 2. The molecule has 112 valence electrons. The molecule has 0 unspecified atom stereocenters. The molecule has 0 aromatic heterocycles. The van der Waals surface area contributed by atoms with E-state index in [2.05, 4.69) is 5.32 Å². The molecule has 2 N–H and O–H groups in total. The van der Waals surface area contributed by atoms with Crippen molar-refractivity contribution >= 4 is 0 Å². The lowest BCUT2D eigenvalue weighted by molar-refractivity contribution is 0.281. The molecule has 0 aliphatic heterocycles. The van der Waals surface area contributed by atoms with Crippen molar-refractivity contribution in [3.63, 3.8) is 0 Å². The van der Waals surface area contributed by atoms with Crippen LogP contribution in [0.1, 0.15) is 25.0 Å². The number of para-hydroxylation sites is 1. The molecule has 0 saturated heterocycles.